The molecule has 0 radical (unpaired) electrons. The first kappa shape index (κ1) is 39.2. The lowest BCUT2D eigenvalue weighted by Crippen LogP contribution is -2.01. The van der Waals surface area contributed by atoms with E-state index in [-0.39, 0.29) is 0 Å². The molecule has 3 aromatic heterocycles. The maximum Gasteiger partial charge on any atom is 0.164 e. The molecule has 0 spiro atoms. The highest BCUT2D eigenvalue weighted by atomic mass is 15.0. The minimum Gasteiger partial charge on any atom is -0.309 e. The molecule has 0 atom stereocenters. The van der Waals surface area contributed by atoms with Crippen LogP contribution >= 0.6 is 0 Å². The van der Waals surface area contributed by atoms with Gasteiger partial charge in [-0.15, -0.1) is 0 Å². The smallest absolute Gasteiger partial charge is 0.164 e. The Morgan fingerprint density at radius 1 is 0.235 bits per heavy atom. The molecular formula is C63H41N5. The number of rotatable bonds is 8. The van der Waals surface area contributed by atoms with Crippen molar-refractivity contribution >= 4 is 43.6 Å². The molecule has 0 unspecified atom stereocenters. The maximum absolute atomic E-state index is 5.08. The van der Waals surface area contributed by atoms with Crippen LogP contribution in [-0.2, 0) is 0 Å². The lowest BCUT2D eigenvalue weighted by Gasteiger charge is -2.14. The second kappa shape index (κ2) is 16.4. The third kappa shape index (κ3) is 6.68. The number of para-hydroxylation sites is 2. The van der Waals surface area contributed by atoms with Gasteiger partial charge in [-0.25, -0.2) is 15.0 Å². The van der Waals surface area contributed by atoms with Gasteiger partial charge in [0.15, 0.2) is 17.5 Å². The van der Waals surface area contributed by atoms with Crippen LogP contribution in [0.25, 0.3) is 123 Å². The largest absolute Gasteiger partial charge is 0.309 e. The highest BCUT2D eigenvalue weighted by Crippen LogP contribution is 2.45. The first-order valence-electron chi connectivity index (χ1n) is 23.0. The summed E-state index contributed by atoms with van der Waals surface area (Å²) >= 11 is 0. The lowest BCUT2D eigenvalue weighted by molar-refractivity contribution is 1.07. The molecule has 5 heteroatoms. The van der Waals surface area contributed by atoms with Gasteiger partial charge in [0, 0.05) is 49.6 Å². The third-order valence-electron chi connectivity index (χ3n) is 13.1. The van der Waals surface area contributed by atoms with Crippen LogP contribution in [0.1, 0.15) is 0 Å². The van der Waals surface area contributed by atoms with Gasteiger partial charge in [-0.3, -0.25) is 0 Å². The van der Waals surface area contributed by atoms with Crippen LogP contribution in [0.4, 0.5) is 0 Å². The second-order valence-electron chi connectivity index (χ2n) is 17.2. The van der Waals surface area contributed by atoms with E-state index < -0.39 is 0 Å². The topological polar surface area (TPSA) is 48.5 Å². The van der Waals surface area contributed by atoms with Gasteiger partial charge in [0.25, 0.3) is 0 Å². The molecule has 0 saturated heterocycles. The molecule has 0 bridgehead atoms. The molecule has 5 nitrogen and oxygen atoms in total. The van der Waals surface area contributed by atoms with Gasteiger partial charge in [0.2, 0.25) is 0 Å². The van der Waals surface area contributed by atoms with Crippen molar-refractivity contribution in [1.82, 2.24) is 24.1 Å². The number of nitrogens with zero attached hydrogens (tertiary/aromatic N) is 5. The number of aromatic nitrogens is 5. The third-order valence-corrected chi connectivity index (χ3v) is 13.1. The van der Waals surface area contributed by atoms with E-state index in [9.17, 15) is 0 Å². The molecule has 0 aliphatic carbocycles. The summed E-state index contributed by atoms with van der Waals surface area (Å²) in [5.74, 6) is 1.89. The van der Waals surface area contributed by atoms with E-state index in [0.717, 1.165) is 50.1 Å². The van der Waals surface area contributed by atoms with Crippen LogP contribution in [0.2, 0.25) is 0 Å². The Kier molecular flexibility index (Phi) is 9.43. The highest BCUT2D eigenvalue weighted by molar-refractivity contribution is 6.22. The van der Waals surface area contributed by atoms with E-state index >= 15 is 0 Å². The fourth-order valence-corrected chi connectivity index (χ4v) is 10.1. The average molecular weight is 868 g/mol. The van der Waals surface area contributed by atoms with Crippen molar-refractivity contribution < 1.29 is 0 Å². The Labute approximate surface area is 393 Å². The van der Waals surface area contributed by atoms with E-state index in [2.05, 4.69) is 197 Å². The summed E-state index contributed by atoms with van der Waals surface area (Å²) in [4.78, 5) is 15.1. The van der Waals surface area contributed by atoms with E-state index in [4.69, 9.17) is 15.0 Å². The van der Waals surface area contributed by atoms with Crippen LogP contribution in [0, 0.1) is 0 Å². The van der Waals surface area contributed by atoms with Crippen molar-refractivity contribution in [2.45, 2.75) is 0 Å². The molecule has 318 valence electrons. The summed E-state index contributed by atoms with van der Waals surface area (Å²) in [6, 6.07) is 88.4. The van der Waals surface area contributed by atoms with Gasteiger partial charge in [-0.1, -0.05) is 194 Å². The van der Waals surface area contributed by atoms with Crippen LogP contribution in [0.3, 0.4) is 0 Å². The molecule has 0 amide bonds. The SMILES string of the molecule is c1ccc(-c2cc(-c3ccccc3)cc(-n3c4ccccc4c4c(-c5cccc6c5c5ccccc5n6-c5cccc(-c6nc(-c7ccccc7)nc(-c7ccccc7)n6)c5)cccc43)c2)cc1. The zero-order valence-corrected chi connectivity index (χ0v) is 36.9. The van der Waals surface area contributed by atoms with Crippen molar-refractivity contribution in [3.63, 3.8) is 0 Å². The quantitative estimate of drug-likeness (QED) is 0.153. The molecule has 0 fully saturated rings. The summed E-state index contributed by atoms with van der Waals surface area (Å²) in [6.07, 6.45) is 0. The Morgan fingerprint density at radius 3 is 1.07 bits per heavy atom. The van der Waals surface area contributed by atoms with Crippen LogP contribution in [0.15, 0.2) is 249 Å². The molecule has 13 rings (SSSR count). The molecule has 10 aromatic carbocycles. The summed E-state index contributed by atoms with van der Waals surface area (Å²) in [5.41, 5.74) is 16.6. The standard InChI is InChI=1S/C63H41N5/c1-5-20-42(21-6-1)47-38-48(43-22-7-2-8-23-43)41-50(40-47)68-56-35-16-14-31-54(56)60-52(33-19-37-58(60)68)51-32-18-36-57-59(51)53-30-13-15-34-55(53)67(57)49-29-17-28-46(39-49)63-65-61(44-24-9-3-10-25-44)64-62(66-63)45-26-11-4-12-27-45/h1-41H. The minimum absolute atomic E-state index is 0.620. The Balaban J connectivity index is 1.01. The summed E-state index contributed by atoms with van der Waals surface area (Å²) < 4.78 is 4.84. The predicted octanol–water partition coefficient (Wildman–Crippen LogP) is 16.1. The van der Waals surface area contributed by atoms with Gasteiger partial charge in [0.1, 0.15) is 0 Å². The highest BCUT2D eigenvalue weighted by Gasteiger charge is 2.22. The normalized spacial score (nSPS) is 11.5. The number of benzene rings is 10. The van der Waals surface area contributed by atoms with E-state index in [0.29, 0.717) is 17.5 Å². The van der Waals surface area contributed by atoms with Crippen molar-refractivity contribution in [2.24, 2.45) is 0 Å². The van der Waals surface area contributed by atoms with Gasteiger partial charge in [0.05, 0.1) is 22.1 Å². The lowest BCUT2D eigenvalue weighted by atomic mass is 9.95. The van der Waals surface area contributed by atoms with Crippen molar-refractivity contribution in [1.29, 1.82) is 0 Å². The average Bonchev–Trinajstić information content (AvgIpc) is 3.95. The van der Waals surface area contributed by atoms with E-state index in [1.165, 1.54) is 54.9 Å². The first-order valence-corrected chi connectivity index (χ1v) is 23.0. The van der Waals surface area contributed by atoms with Crippen molar-refractivity contribution in [2.75, 3.05) is 0 Å². The van der Waals surface area contributed by atoms with E-state index in [1.54, 1.807) is 0 Å². The molecule has 13 aromatic rings. The van der Waals surface area contributed by atoms with Crippen molar-refractivity contribution in [3.05, 3.63) is 249 Å². The Bertz CT molecular complexity index is 3890. The molecule has 0 aliphatic rings. The number of fused-ring (bicyclic) bond motifs is 6. The fraction of sp³-hybridized carbons (Fsp3) is 0. The Hall–Kier alpha value is -9.19. The Morgan fingerprint density at radius 2 is 0.588 bits per heavy atom. The van der Waals surface area contributed by atoms with Crippen LogP contribution in [0.5, 0.6) is 0 Å². The van der Waals surface area contributed by atoms with Crippen LogP contribution < -0.4 is 0 Å². The van der Waals surface area contributed by atoms with Gasteiger partial charge in [-0.05, 0) is 88.0 Å². The number of hydrogen-bond acceptors (Lipinski definition) is 3. The van der Waals surface area contributed by atoms with Crippen LogP contribution in [-0.4, -0.2) is 24.1 Å². The minimum atomic E-state index is 0.620. The fourth-order valence-electron chi connectivity index (χ4n) is 10.1. The first-order chi connectivity index (χ1) is 33.7. The molecule has 3 heterocycles. The summed E-state index contributed by atoms with van der Waals surface area (Å²) in [6.45, 7) is 0. The van der Waals surface area contributed by atoms with Gasteiger partial charge < -0.3 is 9.13 Å². The van der Waals surface area contributed by atoms with Crippen molar-refractivity contribution in [3.8, 4) is 78.9 Å². The zero-order valence-electron chi connectivity index (χ0n) is 36.9. The summed E-state index contributed by atoms with van der Waals surface area (Å²) in [5, 5.41) is 4.82. The van der Waals surface area contributed by atoms with Gasteiger partial charge >= 0.3 is 0 Å². The summed E-state index contributed by atoms with van der Waals surface area (Å²) in [7, 11) is 0. The second-order valence-corrected chi connectivity index (χ2v) is 17.2. The number of hydrogen-bond donors (Lipinski definition) is 0. The molecule has 0 N–H and O–H groups in total. The molecular weight excluding hydrogens is 827 g/mol. The molecule has 0 aliphatic heterocycles. The zero-order chi connectivity index (χ0) is 45.0. The molecule has 68 heavy (non-hydrogen) atoms. The monoisotopic (exact) mass is 867 g/mol. The van der Waals surface area contributed by atoms with Gasteiger partial charge in [-0.2, -0.15) is 0 Å². The molecule has 0 saturated carbocycles. The predicted molar refractivity (Wildman–Crippen MR) is 281 cm³/mol. The van der Waals surface area contributed by atoms with E-state index in [1.807, 2.05) is 60.7 Å². The maximum atomic E-state index is 5.08.